The number of benzene rings is 1. The molecule has 2 rings (SSSR count). The van der Waals surface area contributed by atoms with E-state index < -0.39 is 27.3 Å². The van der Waals surface area contributed by atoms with Crippen molar-refractivity contribution in [3.8, 4) is 11.3 Å². The maximum atomic E-state index is 13.3. The van der Waals surface area contributed by atoms with Crippen molar-refractivity contribution in [1.82, 2.24) is 9.55 Å². The van der Waals surface area contributed by atoms with Gasteiger partial charge in [-0.15, -0.1) is 0 Å². The summed E-state index contributed by atoms with van der Waals surface area (Å²) in [7, 11) is -2.32. The number of aromatic nitrogens is 2. The van der Waals surface area contributed by atoms with Crippen molar-refractivity contribution in [3.05, 3.63) is 35.8 Å². The number of aromatic carboxylic acids is 1. The molecule has 2 aromatic rings. The fourth-order valence-electron chi connectivity index (χ4n) is 1.92. The first kappa shape index (κ1) is 14.2. The minimum atomic E-state index is -3.69. The van der Waals surface area contributed by atoms with Crippen molar-refractivity contribution in [2.24, 2.45) is 7.05 Å². The standard InChI is InChI=1S/C12H11FN2O4S/c1-15-10(7-4-3-5-8(13)6-7)9(11(16)17)14-12(15)20(2,18)19/h3-6H,1-2H3,(H,16,17). The van der Waals surface area contributed by atoms with Crippen LogP contribution in [0.15, 0.2) is 29.4 Å². The van der Waals surface area contributed by atoms with Gasteiger partial charge in [0.15, 0.2) is 5.69 Å². The van der Waals surface area contributed by atoms with Crippen LogP contribution in [0, 0.1) is 5.82 Å². The molecular formula is C12H11FN2O4S. The fourth-order valence-corrected chi connectivity index (χ4v) is 2.77. The molecule has 0 aliphatic heterocycles. The van der Waals surface area contributed by atoms with Crippen LogP contribution in [0.2, 0.25) is 0 Å². The summed E-state index contributed by atoms with van der Waals surface area (Å²) >= 11 is 0. The Balaban J connectivity index is 2.81. The van der Waals surface area contributed by atoms with Crippen LogP contribution in [0.5, 0.6) is 0 Å². The Kier molecular flexibility index (Phi) is 3.34. The first-order valence-corrected chi connectivity index (χ1v) is 7.37. The minimum Gasteiger partial charge on any atom is -0.476 e. The summed E-state index contributed by atoms with van der Waals surface area (Å²) in [5.74, 6) is -1.93. The number of carbonyl (C=O) groups is 1. The van der Waals surface area contributed by atoms with Crippen LogP contribution in [-0.4, -0.2) is 35.3 Å². The first-order chi connectivity index (χ1) is 9.21. The van der Waals surface area contributed by atoms with Gasteiger partial charge < -0.3 is 9.67 Å². The first-order valence-electron chi connectivity index (χ1n) is 5.48. The van der Waals surface area contributed by atoms with Gasteiger partial charge in [0.1, 0.15) is 5.82 Å². The Labute approximate surface area is 114 Å². The van der Waals surface area contributed by atoms with Gasteiger partial charge in [-0.2, -0.15) is 0 Å². The third-order valence-electron chi connectivity index (χ3n) is 2.69. The van der Waals surface area contributed by atoms with Crippen LogP contribution in [0.1, 0.15) is 10.5 Å². The van der Waals surface area contributed by atoms with Crippen molar-refractivity contribution in [2.45, 2.75) is 5.16 Å². The molecule has 0 atom stereocenters. The minimum absolute atomic E-state index is 0.0393. The van der Waals surface area contributed by atoms with Crippen LogP contribution in [0.4, 0.5) is 4.39 Å². The molecule has 0 amide bonds. The molecule has 106 valence electrons. The molecule has 0 fully saturated rings. The van der Waals surface area contributed by atoms with Crippen molar-refractivity contribution in [1.29, 1.82) is 0 Å². The molecule has 0 radical (unpaired) electrons. The highest BCUT2D eigenvalue weighted by Crippen LogP contribution is 2.26. The number of carboxylic acids is 1. The van der Waals surface area contributed by atoms with Crippen molar-refractivity contribution >= 4 is 15.8 Å². The van der Waals surface area contributed by atoms with E-state index in [1.165, 1.54) is 25.2 Å². The average Bonchev–Trinajstić information content (AvgIpc) is 2.66. The second-order valence-electron chi connectivity index (χ2n) is 4.24. The summed E-state index contributed by atoms with van der Waals surface area (Å²) in [6.45, 7) is 0. The van der Waals surface area contributed by atoms with Crippen molar-refractivity contribution in [2.75, 3.05) is 6.26 Å². The Morgan fingerprint density at radius 3 is 2.55 bits per heavy atom. The van der Waals surface area contributed by atoms with Crippen molar-refractivity contribution < 1.29 is 22.7 Å². The SMILES string of the molecule is Cn1c(S(C)(=O)=O)nc(C(=O)O)c1-c1cccc(F)c1. The number of sulfone groups is 1. The number of rotatable bonds is 3. The molecule has 20 heavy (non-hydrogen) atoms. The summed E-state index contributed by atoms with van der Waals surface area (Å²) in [4.78, 5) is 14.8. The van der Waals surface area contributed by atoms with Crippen LogP contribution >= 0.6 is 0 Å². The normalized spacial score (nSPS) is 11.6. The van der Waals surface area contributed by atoms with E-state index in [2.05, 4.69) is 4.98 Å². The van der Waals surface area contributed by atoms with Gasteiger partial charge in [-0.3, -0.25) is 0 Å². The van der Waals surface area contributed by atoms with E-state index in [1.807, 2.05) is 0 Å². The zero-order valence-electron chi connectivity index (χ0n) is 10.7. The number of halogens is 1. The van der Waals surface area contributed by atoms with Crippen LogP contribution in [0.25, 0.3) is 11.3 Å². The molecule has 0 saturated carbocycles. The zero-order chi connectivity index (χ0) is 15.1. The van der Waals surface area contributed by atoms with E-state index in [9.17, 15) is 17.6 Å². The lowest BCUT2D eigenvalue weighted by molar-refractivity contribution is 0.0691. The van der Waals surface area contributed by atoms with E-state index in [0.717, 1.165) is 16.9 Å². The molecule has 0 aliphatic rings. The Morgan fingerprint density at radius 1 is 1.40 bits per heavy atom. The highest BCUT2D eigenvalue weighted by molar-refractivity contribution is 7.90. The van der Waals surface area contributed by atoms with Gasteiger partial charge in [0.2, 0.25) is 15.0 Å². The highest BCUT2D eigenvalue weighted by Gasteiger charge is 2.26. The Hall–Kier alpha value is -2.22. The van der Waals surface area contributed by atoms with E-state index in [1.54, 1.807) is 0 Å². The Bertz CT molecular complexity index is 796. The van der Waals surface area contributed by atoms with E-state index in [0.29, 0.717) is 0 Å². The van der Waals surface area contributed by atoms with Crippen LogP contribution < -0.4 is 0 Å². The molecule has 1 heterocycles. The summed E-state index contributed by atoms with van der Waals surface area (Å²) < 4.78 is 37.6. The third kappa shape index (κ3) is 2.42. The Morgan fingerprint density at radius 2 is 2.05 bits per heavy atom. The van der Waals surface area contributed by atoms with Gasteiger partial charge in [-0.05, 0) is 12.1 Å². The quantitative estimate of drug-likeness (QED) is 0.923. The van der Waals surface area contributed by atoms with E-state index in [4.69, 9.17) is 5.11 Å². The van der Waals surface area contributed by atoms with E-state index >= 15 is 0 Å². The smallest absolute Gasteiger partial charge is 0.356 e. The van der Waals surface area contributed by atoms with Gasteiger partial charge >= 0.3 is 5.97 Å². The largest absolute Gasteiger partial charge is 0.476 e. The molecular weight excluding hydrogens is 287 g/mol. The second-order valence-corrected chi connectivity index (χ2v) is 6.15. The number of nitrogens with zero attached hydrogens (tertiary/aromatic N) is 2. The second kappa shape index (κ2) is 4.71. The summed E-state index contributed by atoms with van der Waals surface area (Å²) in [6, 6.07) is 5.22. The third-order valence-corrected chi connectivity index (χ3v) is 3.71. The van der Waals surface area contributed by atoms with Crippen LogP contribution in [0.3, 0.4) is 0 Å². The molecule has 0 unspecified atom stereocenters. The lowest BCUT2D eigenvalue weighted by Gasteiger charge is -2.05. The summed E-state index contributed by atoms with van der Waals surface area (Å²) in [5, 5.41) is 8.75. The zero-order valence-corrected chi connectivity index (χ0v) is 11.5. The van der Waals surface area contributed by atoms with Gasteiger partial charge in [0, 0.05) is 18.9 Å². The average molecular weight is 298 g/mol. The predicted octanol–water partition coefficient (Wildman–Crippen LogP) is 1.33. The van der Waals surface area contributed by atoms with Crippen LogP contribution in [-0.2, 0) is 16.9 Å². The molecule has 6 nitrogen and oxygen atoms in total. The fraction of sp³-hybridized carbons (Fsp3) is 0.167. The molecule has 8 heteroatoms. The molecule has 0 aliphatic carbocycles. The van der Waals surface area contributed by atoms with Gasteiger partial charge in [-0.1, -0.05) is 12.1 Å². The van der Waals surface area contributed by atoms with E-state index in [-0.39, 0.29) is 16.4 Å². The number of hydrogen-bond acceptors (Lipinski definition) is 4. The molecule has 1 N–H and O–H groups in total. The van der Waals surface area contributed by atoms with Gasteiger partial charge in [-0.25, -0.2) is 22.6 Å². The lowest BCUT2D eigenvalue weighted by atomic mass is 10.1. The topological polar surface area (TPSA) is 89.3 Å². The maximum Gasteiger partial charge on any atom is 0.356 e. The maximum absolute atomic E-state index is 13.3. The highest BCUT2D eigenvalue weighted by atomic mass is 32.2. The number of imidazole rings is 1. The molecule has 1 aromatic heterocycles. The van der Waals surface area contributed by atoms with Gasteiger partial charge in [0.05, 0.1) is 5.69 Å². The van der Waals surface area contributed by atoms with Gasteiger partial charge in [0.25, 0.3) is 0 Å². The number of carboxylic acid groups (broad SMARTS) is 1. The molecule has 0 spiro atoms. The number of hydrogen-bond donors (Lipinski definition) is 1. The molecule has 1 aromatic carbocycles. The summed E-state index contributed by atoms with van der Waals surface area (Å²) in [5.41, 5.74) is -0.150. The predicted molar refractivity (Wildman–Crippen MR) is 68.7 cm³/mol. The monoisotopic (exact) mass is 298 g/mol. The molecule has 0 bridgehead atoms. The van der Waals surface area contributed by atoms with Crippen molar-refractivity contribution in [3.63, 3.8) is 0 Å². The lowest BCUT2D eigenvalue weighted by Crippen LogP contribution is -2.06. The molecule has 0 saturated heterocycles. The summed E-state index contributed by atoms with van der Waals surface area (Å²) in [6.07, 6.45) is 0.927.